The molecule has 3 rings (SSSR count). The summed E-state index contributed by atoms with van der Waals surface area (Å²) in [5, 5.41) is 22.3. The molecule has 0 radical (unpaired) electrons. The number of methoxy groups -OCH3 is 1. The van der Waals surface area contributed by atoms with Crippen LogP contribution in [-0.2, 0) is 4.79 Å². The summed E-state index contributed by atoms with van der Waals surface area (Å²) >= 11 is 7.12. The van der Waals surface area contributed by atoms with Gasteiger partial charge < -0.3 is 20.2 Å². The standard InChI is InChI=1S/C22H18ClN5O3S/c1-3-18(21(29)27-15-9-12(23)6-7-16(15)30-2)32-22-14(11-25)19(17-5-4-8-31-17)13(10-24)20(26)28-22/h4-9,18H,3H2,1-2H3,(H2,26,28)(H,27,29). The summed E-state index contributed by atoms with van der Waals surface area (Å²) in [6.45, 7) is 1.83. The third-order valence-electron chi connectivity index (χ3n) is 4.52. The van der Waals surface area contributed by atoms with Gasteiger partial charge in [0.2, 0.25) is 5.91 Å². The zero-order chi connectivity index (χ0) is 23.3. The third kappa shape index (κ3) is 4.65. The molecule has 0 bridgehead atoms. The van der Waals surface area contributed by atoms with Gasteiger partial charge >= 0.3 is 0 Å². The predicted molar refractivity (Wildman–Crippen MR) is 122 cm³/mol. The van der Waals surface area contributed by atoms with Crippen LogP contribution in [0.5, 0.6) is 5.75 Å². The summed E-state index contributed by atoms with van der Waals surface area (Å²) in [4.78, 5) is 17.2. The second kappa shape index (κ2) is 10.1. The van der Waals surface area contributed by atoms with E-state index >= 15 is 0 Å². The van der Waals surface area contributed by atoms with Gasteiger partial charge in [0, 0.05) is 5.02 Å². The average molecular weight is 468 g/mol. The summed E-state index contributed by atoms with van der Waals surface area (Å²) in [6, 6.07) is 12.2. The van der Waals surface area contributed by atoms with Crippen LogP contribution in [0.4, 0.5) is 11.5 Å². The Bertz CT molecular complexity index is 1230. The van der Waals surface area contributed by atoms with Gasteiger partial charge in [-0.15, -0.1) is 0 Å². The Morgan fingerprint density at radius 2 is 2.09 bits per heavy atom. The highest BCUT2D eigenvalue weighted by molar-refractivity contribution is 8.00. The molecule has 1 unspecified atom stereocenters. The van der Waals surface area contributed by atoms with Gasteiger partial charge in [-0.25, -0.2) is 4.98 Å². The molecule has 0 saturated carbocycles. The minimum atomic E-state index is -0.616. The molecule has 1 aromatic carbocycles. The minimum absolute atomic E-state index is 0.0435. The number of nitrogen functional groups attached to an aromatic ring is 1. The summed E-state index contributed by atoms with van der Waals surface area (Å²) in [5.41, 5.74) is 6.84. The number of nitrogens with one attached hydrogen (secondary N) is 1. The van der Waals surface area contributed by atoms with Gasteiger partial charge in [-0.05, 0) is 36.8 Å². The molecule has 0 fully saturated rings. The average Bonchev–Trinajstić information content (AvgIpc) is 3.31. The van der Waals surface area contributed by atoms with Gasteiger partial charge in [-0.1, -0.05) is 30.3 Å². The van der Waals surface area contributed by atoms with Crippen molar-refractivity contribution in [3.05, 3.63) is 52.7 Å². The lowest BCUT2D eigenvalue weighted by Crippen LogP contribution is -2.25. The van der Waals surface area contributed by atoms with E-state index in [1.165, 1.54) is 13.4 Å². The Labute approximate surface area is 193 Å². The monoisotopic (exact) mass is 467 g/mol. The van der Waals surface area contributed by atoms with E-state index in [-0.39, 0.29) is 33.4 Å². The first-order chi connectivity index (χ1) is 15.4. The second-order valence-corrected chi connectivity index (χ2v) is 8.10. The first-order valence-corrected chi connectivity index (χ1v) is 10.7. The smallest absolute Gasteiger partial charge is 0.238 e. The summed E-state index contributed by atoms with van der Waals surface area (Å²) < 4.78 is 10.7. The number of rotatable bonds is 7. The fourth-order valence-electron chi connectivity index (χ4n) is 3.00. The summed E-state index contributed by atoms with van der Waals surface area (Å²) in [7, 11) is 1.49. The van der Waals surface area contributed by atoms with Crippen molar-refractivity contribution in [2.24, 2.45) is 0 Å². The second-order valence-electron chi connectivity index (χ2n) is 6.48. The van der Waals surface area contributed by atoms with Crippen molar-refractivity contribution in [1.29, 1.82) is 10.5 Å². The van der Waals surface area contributed by atoms with Crippen molar-refractivity contribution in [2.45, 2.75) is 23.6 Å². The van der Waals surface area contributed by atoms with E-state index in [2.05, 4.69) is 16.4 Å². The Kier molecular flexibility index (Phi) is 7.26. The van der Waals surface area contributed by atoms with Crippen LogP contribution >= 0.6 is 23.4 Å². The largest absolute Gasteiger partial charge is 0.495 e. The molecule has 0 aliphatic heterocycles. The molecule has 162 valence electrons. The molecule has 3 aromatic rings. The molecule has 0 aliphatic rings. The van der Waals surface area contributed by atoms with E-state index in [4.69, 9.17) is 26.5 Å². The van der Waals surface area contributed by atoms with Crippen LogP contribution in [-0.4, -0.2) is 23.3 Å². The van der Waals surface area contributed by atoms with Gasteiger partial charge in [-0.3, -0.25) is 4.79 Å². The van der Waals surface area contributed by atoms with E-state index in [0.29, 0.717) is 28.6 Å². The van der Waals surface area contributed by atoms with Gasteiger partial charge in [0.1, 0.15) is 40.1 Å². The number of hydrogen-bond acceptors (Lipinski definition) is 8. The number of benzene rings is 1. The Morgan fingerprint density at radius 3 is 2.69 bits per heavy atom. The third-order valence-corrected chi connectivity index (χ3v) is 6.11. The van der Waals surface area contributed by atoms with Crippen LogP contribution in [0.2, 0.25) is 5.02 Å². The van der Waals surface area contributed by atoms with E-state index in [1.54, 1.807) is 30.3 Å². The number of carbonyl (C=O) groups is 1. The number of hydrogen-bond donors (Lipinski definition) is 2. The number of amides is 1. The number of carbonyl (C=O) groups excluding carboxylic acids is 1. The van der Waals surface area contributed by atoms with E-state index in [1.807, 2.05) is 13.0 Å². The molecule has 10 heteroatoms. The molecule has 8 nitrogen and oxygen atoms in total. The van der Waals surface area contributed by atoms with E-state index in [0.717, 1.165) is 11.8 Å². The quantitative estimate of drug-likeness (QED) is 0.470. The fourth-order valence-corrected chi connectivity index (χ4v) is 4.19. The summed E-state index contributed by atoms with van der Waals surface area (Å²) in [5.74, 6) is 0.398. The number of thioether (sulfide) groups is 1. The predicted octanol–water partition coefficient (Wildman–Crippen LogP) is 4.84. The lowest BCUT2D eigenvalue weighted by Gasteiger charge is -2.18. The highest BCUT2D eigenvalue weighted by atomic mass is 35.5. The van der Waals surface area contributed by atoms with Crippen molar-refractivity contribution in [2.75, 3.05) is 18.2 Å². The van der Waals surface area contributed by atoms with Crippen LogP contribution in [0.1, 0.15) is 24.5 Å². The van der Waals surface area contributed by atoms with Crippen LogP contribution in [0, 0.1) is 22.7 Å². The molecule has 2 aromatic heterocycles. The molecule has 32 heavy (non-hydrogen) atoms. The van der Waals surface area contributed by atoms with Crippen molar-refractivity contribution >= 4 is 40.8 Å². The fraction of sp³-hybridized carbons (Fsp3) is 0.182. The van der Waals surface area contributed by atoms with Crippen molar-refractivity contribution in [3.63, 3.8) is 0 Å². The molecular formula is C22H18ClN5O3S. The molecular weight excluding hydrogens is 450 g/mol. The van der Waals surface area contributed by atoms with Crippen molar-refractivity contribution in [1.82, 2.24) is 4.98 Å². The molecule has 0 saturated heterocycles. The Hall–Kier alpha value is -3.66. The molecule has 1 atom stereocenters. The number of nitrogens with two attached hydrogens (primary N) is 1. The number of furan rings is 1. The number of nitrogens with zero attached hydrogens (tertiary/aromatic N) is 3. The van der Waals surface area contributed by atoms with Crippen LogP contribution < -0.4 is 15.8 Å². The topological polar surface area (TPSA) is 138 Å². The Morgan fingerprint density at radius 1 is 1.34 bits per heavy atom. The first kappa shape index (κ1) is 23.0. The zero-order valence-electron chi connectivity index (χ0n) is 17.2. The van der Waals surface area contributed by atoms with Crippen LogP contribution in [0.3, 0.4) is 0 Å². The maximum absolute atomic E-state index is 13.0. The maximum Gasteiger partial charge on any atom is 0.238 e. The first-order valence-electron chi connectivity index (χ1n) is 9.42. The molecule has 3 N–H and O–H groups in total. The number of aromatic nitrogens is 1. The molecule has 1 amide bonds. The van der Waals surface area contributed by atoms with Crippen molar-refractivity contribution < 1.29 is 13.9 Å². The van der Waals surface area contributed by atoms with E-state index in [9.17, 15) is 15.3 Å². The highest BCUT2D eigenvalue weighted by Gasteiger charge is 2.27. The number of halogens is 1. The minimum Gasteiger partial charge on any atom is -0.495 e. The van der Waals surface area contributed by atoms with Gasteiger partial charge in [0.25, 0.3) is 0 Å². The number of pyridine rings is 1. The zero-order valence-corrected chi connectivity index (χ0v) is 18.8. The number of anilines is 2. The lowest BCUT2D eigenvalue weighted by atomic mass is 10.0. The highest BCUT2D eigenvalue weighted by Crippen LogP contribution is 2.38. The molecule has 0 aliphatic carbocycles. The van der Waals surface area contributed by atoms with Gasteiger partial charge in [0.15, 0.2) is 0 Å². The maximum atomic E-state index is 13.0. The Balaban J connectivity index is 1.98. The number of nitriles is 2. The van der Waals surface area contributed by atoms with Crippen LogP contribution in [0.25, 0.3) is 11.3 Å². The SMILES string of the molecule is CCC(Sc1nc(N)c(C#N)c(-c2ccco2)c1C#N)C(=O)Nc1cc(Cl)ccc1OC. The van der Waals surface area contributed by atoms with E-state index < -0.39 is 5.25 Å². The molecule has 0 spiro atoms. The normalized spacial score (nSPS) is 11.3. The van der Waals surface area contributed by atoms with Gasteiger partial charge in [-0.2, -0.15) is 10.5 Å². The lowest BCUT2D eigenvalue weighted by molar-refractivity contribution is -0.115. The molecule has 2 heterocycles. The van der Waals surface area contributed by atoms with Crippen molar-refractivity contribution in [3.8, 4) is 29.2 Å². The summed E-state index contributed by atoms with van der Waals surface area (Å²) in [6.07, 6.45) is 1.86. The number of ether oxygens (including phenoxy) is 1. The van der Waals surface area contributed by atoms with Crippen LogP contribution in [0.15, 0.2) is 46.0 Å². The van der Waals surface area contributed by atoms with Gasteiger partial charge in [0.05, 0.1) is 35.4 Å².